The lowest BCUT2D eigenvalue weighted by atomic mass is 10.2. The van der Waals surface area contributed by atoms with Crippen molar-refractivity contribution >= 4 is 5.97 Å². The highest BCUT2D eigenvalue weighted by atomic mass is 16.5. The molecule has 0 spiro atoms. The fraction of sp³-hybridized carbons (Fsp3) is 0.833. The molecule has 4 heteroatoms. The average Bonchev–Trinajstić information content (AvgIpc) is 2.22. The Hall–Kier alpha value is -1.08. The van der Waals surface area contributed by atoms with Crippen LogP contribution in [0.2, 0.25) is 0 Å². The molecule has 0 aromatic carbocycles. The van der Waals surface area contributed by atoms with Gasteiger partial charge in [-0.3, -0.25) is 4.79 Å². The minimum atomic E-state index is -0.159. The number of carbonyl (C=O) groups excluding carboxylic acids is 1. The Morgan fingerprint density at radius 2 is 2.12 bits per heavy atom. The first-order valence-electron chi connectivity index (χ1n) is 5.85. The summed E-state index contributed by atoms with van der Waals surface area (Å²) in [6, 6.07) is 2.13. The Morgan fingerprint density at radius 3 is 2.62 bits per heavy atom. The first kappa shape index (κ1) is 14.9. The highest BCUT2D eigenvalue weighted by molar-refractivity contribution is 5.69. The van der Waals surface area contributed by atoms with E-state index in [4.69, 9.17) is 10.00 Å². The summed E-state index contributed by atoms with van der Waals surface area (Å²) in [6.07, 6.45) is 0.918. The predicted octanol–water partition coefficient (Wildman–Crippen LogP) is 1.81. The van der Waals surface area contributed by atoms with Crippen molar-refractivity contribution in [2.75, 3.05) is 26.2 Å². The van der Waals surface area contributed by atoms with E-state index in [1.807, 2.05) is 0 Å². The number of nitrogens with zero attached hydrogens (tertiary/aromatic N) is 2. The van der Waals surface area contributed by atoms with Gasteiger partial charge in [-0.25, -0.2) is 0 Å². The summed E-state index contributed by atoms with van der Waals surface area (Å²) in [5, 5.41) is 8.54. The van der Waals surface area contributed by atoms with Gasteiger partial charge in [0.2, 0.25) is 0 Å². The molecule has 0 rings (SSSR count). The zero-order chi connectivity index (χ0) is 12.4. The average molecular weight is 226 g/mol. The third kappa shape index (κ3) is 8.25. The topological polar surface area (TPSA) is 53.3 Å². The normalized spacial score (nSPS) is 10.5. The molecule has 0 amide bonds. The van der Waals surface area contributed by atoms with Gasteiger partial charge in [-0.05, 0) is 12.8 Å². The van der Waals surface area contributed by atoms with Crippen molar-refractivity contribution in [1.82, 2.24) is 4.90 Å². The van der Waals surface area contributed by atoms with Gasteiger partial charge in [-0.1, -0.05) is 13.8 Å². The van der Waals surface area contributed by atoms with E-state index in [2.05, 4.69) is 24.8 Å². The molecule has 0 aromatic heterocycles. The molecule has 0 heterocycles. The van der Waals surface area contributed by atoms with Crippen LogP contribution < -0.4 is 0 Å². The summed E-state index contributed by atoms with van der Waals surface area (Å²) in [5.74, 6) is 0.383. The Morgan fingerprint density at radius 1 is 1.44 bits per heavy atom. The van der Waals surface area contributed by atoms with Crippen molar-refractivity contribution in [3.05, 3.63) is 0 Å². The van der Waals surface area contributed by atoms with E-state index in [-0.39, 0.29) is 5.97 Å². The van der Waals surface area contributed by atoms with Crippen LogP contribution in [-0.2, 0) is 9.53 Å². The molecule has 92 valence electrons. The number of carbonyl (C=O) groups is 1. The van der Waals surface area contributed by atoms with Gasteiger partial charge in [0.25, 0.3) is 0 Å². The lowest BCUT2D eigenvalue weighted by molar-refractivity contribution is -0.143. The van der Waals surface area contributed by atoms with Crippen LogP contribution >= 0.6 is 0 Å². The van der Waals surface area contributed by atoms with Crippen molar-refractivity contribution < 1.29 is 9.53 Å². The lowest BCUT2D eigenvalue weighted by Crippen LogP contribution is -2.31. The van der Waals surface area contributed by atoms with Crippen molar-refractivity contribution in [1.29, 1.82) is 5.26 Å². The molecule has 0 atom stereocenters. The Labute approximate surface area is 98.2 Å². The minimum absolute atomic E-state index is 0.159. The molecular formula is C12H22N2O2. The zero-order valence-corrected chi connectivity index (χ0v) is 10.5. The SMILES string of the molecule is CCOC(=O)CCN(CCC#N)CC(C)C. The molecule has 0 bridgehead atoms. The highest BCUT2D eigenvalue weighted by Gasteiger charge is 2.10. The molecule has 0 saturated carbocycles. The van der Waals surface area contributed by atoms with E-state index < -0.39 is 0 Å². The van der Waals surface area contributed by atoms with E-state index in [1.54, 1.807) is 6.92 Å². The Bertz CT molecular complexity index is 234. The maximum absolute atomic E-state index is 11.2. The lowest BCUT2D eigenvalue weighted by Gasteiger charge is -2.22. The zero-order valence-electron chi connectivity index (χ0n) is 10.5. The molecule has 16 heavy (non-hydrogen) atoms. The van der Waals surface area contributed by atoms with Gasteiger partial charge < -0.3 is 9.64 Å². The summed E-state index contributed by atoms with van der Waals surface area (Å²) in [7, 11) is 0. The Kier molecular flexibility index (Phi) is 8.55. The first-order chi connectivity index (χ1) is 7.60. The molecule has 0 aromatic rings. The summed E-state index contributed by atoms with van der Waals surface area (Å²) < 4.78 is 4.87. The van der Waals surface area contributed by atoms with Crippen LogP contribution in [0.15, 0.2) is 0 Å². The van der Waals surface area contributed by atoms with Crippen molar-refractivity contribution in [3.63, 3.8) is 0 Å². The van der Waals surface area contributed by atoms with Crippen molar-refractivity contribution in [3.8, 4) is 6.07 Å². The van der Waals surface area contributed by atoms with Crippen LogP contribution in [0.4, 0.5) is 0 Å². The third-order valence-electron chi connectivity index (χ3n) is 2.10. The van der Waals surface area contributed by atoms with Crippen molar-refractivity contribution in [2.45, 2.75) is 33.6 Å². The van der Waals surface area contributed by atoms with Gasteiger partial charge in [0, 0.05) is 26.1 Å². The highest BCUT2D eigenvalue weighted by Crippen LogP contribution is 2.01. The van der Waals surface area contributed by atoms with Gasteiger partial charge in [0.1, 0.15) is 0 Å². The molecule has 0 aliphatic rings. The smallest absolute Gasteiger partial charge is 0.307 e. The number of hydrogen-bond acceptors (Lipinski definition) is 4. The number of ether oxygens (including phenoxy) is 1. The molecule has 0 fully saturated rings. The van der Waals surface area contributed by atoms with E-state index >= 15 is 0 Å². The van der Waals surface area contributed by atoms with Gasteiger partial charge in [0.05, 0.1) is 19.1 Å². The molecule has 0 radical (unpaired) electrons. The second-order valence-electron chi connectivity index (χ2n) is 4.16. The van der Waals surface area contributed by atoms with E-state index in [9.17, 15) is 4.79 Å². The molecule has 0 N–H and O–H groups in total. The van der Waals surface area contributed by atoms with Gasteiger partial charge in [-0.2, -0.15) is 5.26 Å². The Balaban J connectivity index is 3.91. The number of nitriles is 1. The largest absolute Gasteiger partial charge is 0.466 e. The fourth-order valence-electron chi connectivity index (χ4n) is 1.50. The van der Waals surface area contributed by atoms with Gasteiger partial charge in [-0.15, -0.1) is 0 Å². The summed E-state index contributed by atoms with van der Waals surface area (Å²) in [5.41, 5.74) is 0. The van der Waals surface area contributed by atoms with E-state index in [1.165, 1.54) is 0 Å². The number of esters is 1. The summed E-state index contributed by atoms with van der Waals surface area (Å²) >= 11 is 0. The number of rotatable bonds is 8. The summed E-state index contributed by atoms with van der Waals surface area (Å²) in [4.78, 5) is 13.3. The molecule has 4 nitrogen and oxygen atoms in total. The fourth-order valence-corrected chi connectivity index (χ4v) is 1.50. The maximum Gasteiger partial charge on any atom is 0.307 e. The van der Waals surface area contributed by atoms with Crippen LogP contribution in [0, 0.1) is 17.2 Å². The second-order valence-corrected chi connectivity index (χ2v) is 4.16. The molecule has 0 aliphatic carbocycles. The van der Waals surface area contributed by atoms with Crippen molar-refractivity contribution in [2.24, 2.45) is 5.92 Å². The van der Waals surface area contributed by atoms with E-state index in [0.717, 1.165) is 13.1 Å². The molecular weight excluding hydrogens is 204 g/mol. The van der Waals surface area contributed by atoms with Crippen LogP contribution in [0.25, 0.3) is 0 Å². The maximum atomic E-state index is 11.2. The quantitative estimate of drug-likeness (QED) is 0.592. The van der Waals surface area contributed by atoms with Crippen LogP contribution in [0.5, 0.6) is 0 Å². The van der Waals surface area contributed by atoms with Gasteiger partial charge >= 0.3 is 5.97 Å². The summed E-state index contributed by atoms with van der Waals surface area (Å²) in [6.45, 7) is 8.82. The predicted molar refractivity (Wildman–Crippen MR) is 62.8 cm³/mol. The first-order valence-corrected chi connectivity index (χ1v) is 5.85. The number of hydrogen-bond donors (Lipinski definition) is 0. The van der Waals surface area contributed by atoms with Crippen LogP contribution in [-0.4, -0.2) is 37.1 Å². The molecule has 0 saturated heterocycles. The third-order valence-corrected chi connectivity index (χ3v) is 2.10. The van der Waals surface area contributed by atoms with Crippen LogP contribution in [0.3, 0.4) is 0 Å². The molecule has 0 unspecified atom stereocenters. The molecule has 0 aliphatic heterocycles. The monoisotopic (exact) mass is 226 g/mol. The van der Waals surface area contributed by atoms with Crippen LogP contribution in [0.1, 0.15) is 33.6 Å². The second kappa shape index (κ2) is 9.17. The standard InChI is InChI=1S/C12H22N2O2/c1-4-16-12(15)6-9-14(8-5-7-13)10-11(2)3/h11H,4-6,8-10H2,1-3H3. The van der Waals surface area contributed by atoms with Gasteiger partial charge in [0.15, 0.2) is 0 Å². The minimum Gasteiger partial charge on any atom is -0.466 e. The van der Waals surface area contributed by atoms with E-state index in [0.29, 0.717) is 31.9 Å².